The first kappa shape index (κ1) is 15.1. The summed E-state index contributed by atoms with van der Waals surface area (Å²) in [5.41, 5.74) is 0.196. The molecule has 0 radical (unpaired) electrons. The van der Waals surface area contributed by atoms with E-state index in [-0.39, 0.29) is 16.9 Å². The Morgan fingerprint density at radius 3 is 2.76 bits per heavy atom. The summed E-state index contributed by atoms with van der Waals surface area (Å²) in [6.45, 7) is 0. The fraction of sp³-hybridized carbons (Fsp3) is 0.0714. The first-order valence-corrected chi connectivity index (χ1v) is 6.62. The lowest BCUT2D eigenvalue weighted by Gasteiger charge is -2.10. The van der Waals surface area contributed by atoms with E-state index in [1.54, 1.807) is 12.1 Å². The molecule has 1 aromatic carbocycles. The molecule has 1 aromatic heterocycles. The van der Waals surface area contributed by atoms with Crippen LogP contribution in [0.5, 0.6) is 0 Å². The lowest BCUT2D eigenvalue weighted by atomic mass is 10.1. The minimum atomic E-state index is -0.676. The van der Waals surface area contributed by atoms with Gasteiger partial charge in [0.25, 0.3) is 5.91 Å². The van der Waals surface area contributed by atoms with Gasteiger partial charge in [-0.15, -0.1) is 0 Å². The average Bonchev–Trinajstić information content (AvgIpc) is 2.47. The molecule has 0 aliphatic rings. The number of carbonyl (C=O) groups excluding carboxylic acids is 2. The molecule has 0 aliphatic carbocycles. The van der Waals surface area contributed by atoms with Gasteiger partial charge in [-0.1, -0.05) is 0 Å². The number of halogens is 2. The highest BCUT2D eigenvalue weighted by Gasteiger charge is 2.17. The average molecular weight is 353 g/mol. The van der Waals surface area contributed by atoms with E-state index < -0.39 is 17.7 Å². The van der Waals surface area contributed by atoms with Crippen LogP contribution in [-0.2, 0) is 4.74 Å². The molecule has 2 rings (SSSR count). The van der Waals surface area contributed by atoms with Gasteiger partial charge in [-0.25, -0.2) is 14.2 Å². The number of ether oxygens (including phenoxy) is 1. The fourth-order valence-corrected chi connectivity index (χ4v) is 2.08. The summed E-state index contributed by atoms with van der Waals surface area (Å²) in [6.07, 6.45) is 1.45. The lowest BCUT2D eigenvalue weighted by molar-refractivity contribution is 0.0602. The lowest BCUT2D eigenvalue weighted by Crippen LogP contribution is -2.17. The maximum absolute atomic E-state index is 13.3. The van der Waals surface area contributed by atoms with E-state index >= 15 is 0 Å². The number of rotatable bonds is 3. The van der Waals surface area contributed by atoms with E-state index in [0.717, 1.165) is 12.1 Å². The van der Waals surface area contributed by atoms with Gasteiger partial charge in [-0.3, -0.25) is 4.79 Å². The van der Waals surface area contributed by atoms with Crippen molar-refractivity contribution in [1.29, 1.82) is 0 Å². The summed E-state index contributed by atoms with van der Waals surface area (Å²) >= 11 is 3.20. The molecule has 0 saturated heterocycles. The Morgan fingerprint density at radius 2 is 2.10 bits per heavy atom. The number of nitrogens with zero attached hydrogens (tertiary/aromatic N) is 1. The van der Waals surface area contributed by atoms with Gasteiger partial charge >= 0.3 is 5.97 Å². The second kappa shape index (κ2) is 6.45. The second-order valence-electron chi connectivity index (χ2n) is 3.97. The van der Waals surface area contributed by atoms with Crippen LogP contribution in [0.25, 0.3) is 0 Å². The molecule has 0 saturated carbocycles. The Balaban J connectivity index is 2.35. The summed E-state index contributed by atoms with van der Waals surface area (Å²) in [5.74, 6) is -1.83. The van der Waals surface area contributed by atoms with Crippen molar-refractivity contribution in [2.45, 2.75) is 0 Å². The topological polar surface area (TPSA) is 68.3 Å². The molecule has 0 aliphatic heterocycles. The highest BCUT2D eigenvalue weighted by molar-refractivity contribution is 9.10. The van der Waals surface area contributed by atoms with Crippen LogP contribution in [0.2, 0.25) is 0 Å². The smallest absolute Gasteiger partial charge is 0.339 e. The molecule has 0 bridgehead atoms. The Hall–Kier alpha value is -2.28. The predicted octanol–water partition coefficient (Wildman–Crippen LogP) is 3.02. The minimum absolute atomic E-state index is 0.0180. The van der Waals surface area contributed by atoms with Gasteiger partial charge in [-0.05, 0) is 46.3 Å². The van der Waals surface area contributed by atoms with E-state index in [1.165, 1.54) is 19.4 Å². The number of methoxy groups -OCH3 is 1. The molecule has 7 heteroatoms. The van der Waals surface area contributed by atoms with Crippen molar-refractivity contribution >= 4 is 33.5 Å². The van der Waals surface area contributed by atoms with Crippen molar-refractivity contribution in [3.05, 3.63) is 58.1 Å². The van der Waals surface area contributed by atoms with Crippen LogP contribution in [0.3, 0.4) is 0 Å². The number of hydrogen-bond acceptors (Lipinski definition) is 4. The van der Waals surface area contributed by atoms with Crippen LogP contribution < -0.4 is 5.32 Å². The number of amides is 1. The maximum atomic E-state index is 13.3. The molecule has 0 unspecified atom stereocenters. The highest BCUT2D eigenvalue weighted by Crippen LogP contribution is 2.20. The molecule has 0 spiro atoms. The van der Waals surface area contributed by atoms with Gasteiger partial charge in [0, 0.05) is 10.7 Å². The number of pyridine rings is 1. The van der Waals surface area contributed by atoms with Crippen molar-refractivity contribution in [3.63, 3.8) is 0 Å². The molecule has 5 nitrogen and oxygen atoms in total. The number of esters is 1. The highest BCUT2D eigenvalue weighted by atomic mass is 79.9. The van der Waals surface area contributed by atoms with Gasteiger partial charge in [0.05, 0.1) is 18.4 Å². The third-order valence-electron chi connectivity index (χ3n) is 2.61. The largest absolute Gasteiger partial charge is 0.465 e. The molecule has 21 heavy (non-hydrogen) atoms. The van der Waals surface area contributed by atoms with Crippen LogP contribution in [0.1, 0.15) is 20.8 Å². The third-order valence-corrected chi connectivity index (χ3v) is 3.25. The maximum Gasteiger partial charge on any atom is 0.339 e. The van der Waals surface area contributed by atoms with Crippen molar-refractivity contribution in [2.75, 3.05) is 12.4 Å². The van der Waals surface area contributed by atoms with Gasteiger partial charge in [0.1, 0.15) is 11.5 Å². The fourth-order valence-electron chi connectivity index (χ4n) is 1.64. The first-order chi connectivity index (χ1) is 10.0. The summed E-state index contributed by atoms with van der Waals surface area (Å²) in [5, 5.41) is 2.45. The van der Waals surface area contributed by atoms with Crippen LogP contribution in [0, 0.1) is 5.82 Å². The number of anilines is 1. The Kier molecular flexibility index (Phi) is 4.64. The molecule has 108 valence electrons. The van der Waals surface area contributed by atoms with E-state index in [4.69, 9.17) is 0 Å². The van der Waals surface area contributed by atoms with Crippen LogP contribution in [0.4, 0.5) is 10.1 Å². The summed E-state index contributed by atoms with van der Waals surface area (Å²) < 4.78 is 18.4. The summed E-state index contributed by atoms with van der Waals surface area (Å²) in [6, 6.07) is 6.70. The van der Waals surface area contributed by atoms with E-state index in [0.29, 0.717) is 4.47 Å². The zero-order valence-corrected chi connectivity index (χ0v) is 12.5. The number of nitrogens with one attached hydrogen (secondary N) is 1. The van der Waals surface area contributed by atoms with Crippen molar-refractivity contribution in [1.82, 2.24) is 4.98 Å². The van der Waals surface area contributed by atoms with Crippen molar-refractivity contribution in [2.24, 2.45) is 0 Å². The molecular formula is C14H10BrFN2O3. The van der Waals surface area contributed by atoms with Crippen LogP contribution in [0.15, 0.2) is 41.0 Å². The molecule has 0 fully saturated rings. The molecular weight excluding hydrogens is 343 g/mol. The van der Waals surface area contributed by atoms with Gasteiger partial charge in [-0.2, -0.15) is 0 Å². The molecule has 1 N–H and O–H groups in total. The van der Waals surface area contributed by atoms with Gasteiger partial charge in [0.2, 0.25) is 0 Å². The Labute approximate surface area is 128 Å². The third kappa shape index (κ3) is 3.43. The number of aromatic nitrogens is 1. The van der Waals surface area contributed by atoms with Gasteiger partial charge in [0.15, 0.2) is 0 Å². The molecule has 1 amide bonds. The molecule has 0 atom stereocenters. The monoisotopic (exact) mass is 352 g/mol. The molecule has 2 aromatic rings. The number of carbonyl (C=O) groups is 2. The first-order valence-electron chi connectivity index (χ1n) is 5.82. The standard InChI is InChI=1S/C14H10BrFN2O3/c1-21-14(20)9-5-4-8(16)7-11(9)18-13(19)12-10(15)3-2-6-17-12/h2-7H,1H3,(H,18,19). The zero-order chi connectivity index (χ0) is 15.4. The van der Waals surface area contributed by atoms with E-state index in [1.807, 2.05) is 0 Å². The second-order valence-corrected chi connectivity index (χ2v) is 4.82. The Bertz CT molecular complexity index is 706. The minimum Gasteiger partial charge on any atom is -0.465 e. The van der Waals surface area contributed by atoms with Gasteiger partial charge < -0.3 is 10.1 Å². The van der Waals surface area contributed by atoms with Crippen molar-refractivity contribution in [3.8, 4) is 0 Å². The summed E-state index contributed by atoms with van der Waals surface area (Å²) in [4.78, 5) is 27.7. The Morgan fingerprint density at radius 1 is 1.33 bits per heavy atom. The molecule has 1 heterocycles. The predicted molar refractivity (Wildman–Crippen MR) is 77.6 cm³/mol. The SMILES string of the molecule is COC(=O)c1ccc(F)cc1NC(=O)c1ncccc1Br. The zero-order valence-electron chi connectivity index (χ0n) is 10.9. The quantitative estimate of drug-likeness (QED) is 0.862. The number of hydrogen-bond donors (Lipinski definition) is 1. The normalized spacial score (nSPS) is 10.0. The van der Waals surface area contributed by atoms with Crippen LogP contribution >= 0.6 is 15.9 Å². The van der Waals surface area contributed by atoms with E-state index in [9.17, 15) is 14.0 Å². The van der Waals surface area contributed by atoms with E-state index in [2.05, 4.69) is 31.0 Å². The van der Waals surface area contributed by atoms with Crippen molar-refractivity contribution < 1.29 is 18.7 Å². The summed E-state index contributed by atoms with van der Waals surface area (Å²) in [7, 11) is 1.20. The number of benzene rings is 1. The van der Waals surface area contributed by atoms with Crippen LogP contribution in [-0.4, -0.2) is 24.0 Å².